The Balaban J connectivity index is 0.984. The van der Waals surface area contributed by atoms with E-state index in [0.717, 1.165) is 45.4 Å². The number of fused-ring (bicyclic) bond motifs is 1. The SMILES string of the molecule is CC1(C)OCC(COCCOc2ccc3ccc(COC4CN(C(=O)[O-])CCC4c4ccc(OCCCOCc5ccccc5)cc4)cc3c2)O1. The third-order valence-electron chi connectivity index (χ3n) is 9.15. The van der Waals surface area contributed by atoms with Gasteiger partial charge in [0, 0.05) is 25.4 Å². The Morgan fingerprint density at radius 2 is 1.61 bits per heavy atom. The first-order chi connectivity index (χ1) is 24.8. The molecule has 3 atom stereocenters. The van der Waals surface area contributed by atoms with Crippen molar-refractivity contribution in [1.29, 1.82) is 0 Å². The van der Waals surface area contributed by atoms with Gasteiger partial charge in [-0.25, -0.2) is 0 Å². The number of ether oxygens (including phenoxy) is 7. The molecule has 0 aromatic heterocycles. The average Bonchev–Trinajstić information content (AvgIpc) is 3.50. The van der Waals surface area contributed by atoms with Crippen LogP contribution in [0, 0.1) is 0 Å². The van der Waals surface area contributed by atoms with Crippen LogP contribution in [0.1, 0.15) is 49.3 Å². The molecular weight excluding hydrogens is 650 g/mol. The summed E-state index contributed by atoms with van der Waals surface area (Å²) in [6.45, 7) is 8.41. The molecule has 272 valence electrons. The van der Waals surface area contributed by atoms with Crippen molar-refractivity contribution in [2.45, 2.75) is 63.8 Å². The minimum Gasteiger partial charge on any atom is -0.530 e. The topological polar surface area (TPSA) is 108 Å². The second kappa shape index (κ2) is 17.8. The van der Waals surface area contributed by atoms with Crippen LogP contribution < -0.4 is 14.6 Å². The van der Waals surface area contributed by atoms with Crippen LogP contribution in [0.5, 0.6) is 11.5 Å². The van der Waals surface area contributed by atoms with Crippen LogP contribution in [0.4, 0.5) is 4.79 Å². The molecule has 3 unspecified atom stereocenters. The molecule has 1 amide bonds. The first kappa shape index (κ1) is 36.6. The summed E-state index contributed by atoms with van der Waals surface area (Å²) >= 11 is 0. The molecule has 2 aliphatic heterocycles. The molecule has 51 heavy (non-hydrogen) atoms. The molecule has 2 saturated heterocycles. The number of carboxylic acid groups (broad SMARTS) is 1. The molecule has 0 aliphatic carbocycles. The van der Waals surface area contributed by atoms with E-state index in [0.29, 0.717) is 65.8 Å². The number of carbonyl (C=O) groups excluding carboxylic acids is 1. The molecule has 0 saturated carbocycles. The van der Waals surface area contributed by atoms with Gasteiger partial charge in [-0.3, -0.25) is 0 Å². The fourth-order valence-corrected chi connectivity index (χ4v) is 6.49. The Morgan fingerprint density at radius 1 is 0.824 bits per heavy atom. The third kappa shape index (κ3) is 10.9. The van der Waals surface area contributed by atoms with Crippen molar-refractivity contribution in [3.05, 3.63) is 108 Å². The van der Waals surface area contributed by atoms with Crippen LogP contribution in [0.15, 0.2) is 91.0 Å². The molecule has 2 heterocycles. The number of carbonyl (C=O) groups is 1. The second-order valence-corrected chi connectivity index (χ2v) is 13.5. The van der Waals surface area contributed by atoms with Gasteiger partial charge in [-0.1, -0.05) is 60.7 Å². The van der Waals surface area contributed by atoms with Crippen molar-refractivity contribution >= 4 is 16.9 Å². The van der Waals surface area contributed by atoms with Gasteiger partial charge in [0.05, 0.1) is 52.4 Å². The highest BCUT2D eigenvalue weighted by Gasteiger charge is 2.33. The Hall–Kier alpha value is -4.19. The molecule has 6 rings (SSSR count). The number of benzene rings is 4. The van der Waals surface area contributed by atoms with Crippen LogP contribution >= 0.6 is 0 Å². The lowest BCUT2D eigenvalue weighted by atomic mass is 9.87. The molecular formula is C41H48NO9-. The van der Waals surface area contributed by atoms with Crippen LogP contribution in [0.25, 0.3) is 10.8 Å². The van der Waals surface area contributed by atoms with Crippen molar-refractivity contribution in [2.75, 3.05) is 52.7 Å². The quantitative estimate of drug-likeness (QED) is 0.121. The van der Waals surface area contributed by atoms with E-state index in [4.69, 9.17) is 33.2 Å². The minimum absolute atomic E-state index is 0.0305. The summed E-state index contributed by atoms with van der Waals surface area (Å²) in [7, 11) is 0. The summed E-state index contributed by atoms with van der Waals surface area (Å²) in [6.07, 6.45) is -0.147. The van der Waals surface area contributed by atoms with Gasteiger partial charge in [0.15, 0.2) is 5.79 Å². The lowest BCUT2D eigenvalue weighted by molar-refractivity contribution is -0.268. The Morgan fingerprint density at radius 3 is 2.39 bits per heavy atom. The molecule has 2 fully saturated rings. The van der Waals surface area contributed by atoms with Crippen molar-refractivity contribution in [3.8, 4) is 11.5 Å². The number of nitrogens with zero attached hydrogens (tertiary/aromatic N) is 1. The maximum absolute atomic E-state index is 11.8. The van der Waals surface area contributed by atoms with Gasteiger partial charge in [0.25, 0.3) is 0 Å². The van der Waals surface area contributed by atoms with Crippen LogP contribution in [0.3, 0.4) is 0 Å². The summed E-state index contributed by atoms with van der Waals surface area (Å²) in [5, 5.41) is 13.9. The molecule has 10 nitrogen and oxygen atoms in total. The number of piperidine rings is 1. The standard InChI is InChI=1S/C41H49NO9/c1-41(2)50-29-37(51-41)28-46-21-22-48-36-16-11-32-10-9-31(23-34(32)24-36)27-49-39-25-42(40(43)44)18-17-38(39)33-12-14-35(15-13-33)47-20-6-19-45-26-30-7-4-3-5-8-30/h3-5,7-16,23-24,37-39H,6,17-22,25-29H2,1-2H3,(H,43,44)/p-1. The zero-order valence-corrected chi connectivity index (χ0v) is 29.5. The third-order valence-corrected chi connectivity index (χ3v) is 9.15. The Kier molecular flexibility index (Phi) is 12.8. The summed E-state index contributed by atoms with van der Waals surface area (Å²) in [5.41, 5.74) is 3.24. The number of rotatable bonds is 17. The van der Waals surface area contributed by atoms with Crippen LogP contribution in [0.2, 0.25) is 0 Å². The largest absolute Gasteiger partial charge is 0.530 e. The fraction of sp³-hybridized carbons (Fsp3) is 0.439. The van der Waals surface area contributed by atoms with Crippen molar-refractivity contribution in [1.82, 2.24) is 4.90 Å². The van der Waals surface area contributed by atoms with E-state index >= 15 is 0 Å². The second-order valence-electron chi connectivity index (χ2n) is 13.5. The monoisotopic (exact) mass is 698 g/mol. The Labute approximate surface area is 300 Å². The first-order valence-corrected chi connectivity index (χ1v) is 17.8. The normalized spacial score (nSPS) is 20.0. The maximum Gasteiger partial charge on any atom is 0.163 e. The van der Waals surface area contributed by atoms with Gasteiger partial charge >= 0.3 is 0 Å². The highest BCUT2D eigenvalue weighted by atomic mass is 16.7. The maximum atomic E-state index is 11.8. The van der Waals surface area contributed by atoms with E-state index in [1.54, 1.807) is 0 Å². The van der Waals surface area contributed by atoms with Gasteiger partial charge in [0.2, 0.25) is 0 Å². The first-order valence-electron chi connectivity index (χ1n) is 17.8. The van der Waals surface area contributed by atoms with Crippen molar-refractivity contribution < 1.29 is 43.1 Å². The van der Waals surface area contributed by atoms with E-state index in [1.807, 2.05) is 68.4 Å². The van der Waals surface area contributed by atoms with E-state index in [2.05, 4.69) is 36.4 Å². The zero-order chi connectivity index (χ0) is 35.5. The van der Waals surface area contributed by atoms with E-state index in [9.17, 15) is 9.90 Å². The summed E-state index contributed by atoms with van der Waals surface area (Å²) in [4.78, 5) is 13.1. The fourth-order valence-electron chi connectivity index (χ4n) is 6.49. The number of likely N-dealkylation sites (tertiary alicyclic amines) is 1. The smallest absolute Gasteiger partial charge is 0.163 e. The molecule has 0 bridgehead atoms. The minimum atomic E-state index is -1.17. The highest BCUT2D eigenvalue weighted by Crippen LogP contribution is 2.33. The van der Waals surface area contributed by atoms with E-state index < -0.39 is 11.9 Å². The summed E-state index contributed by atoms with van der Waals surface area (Å²) in [5.74, 6) is 1.02. The molecule has 2 aliphatic rings. The molecule has 0 radical (unpaired) electrons. The number of amides is 1. The van der Waals surface area contributed by atoms with E-state index in [-0.39, 0.29) is 24.7 Å². The zero-order valence-electron chi connectivity index (χ0n) is 29.5. The predicted octanol–water partition coefficient (Wildman–Crippen LogP) is 6.09. The Bertz CT molecular complexity index is 1680. The molecule has 4 aromatic carbocycles. The lowest BCUT2D eigenvalue weighted by Gasteiger charge is -2.40. The summed E-state index contributed by atoms with van der Waals surface area (Å²) in [6, 6.07) is 30.3. The van der Waals surface area contributed by atoms with Crippen LogP contribution in [-0.2, 0) is 36.9 Å². The summed E-state index contributed by atoms with van der Waals surface area (Å²) < 4.78 is 41.2. The molecule has 0 N–H and O–H groups in total. The number of hydrogen-bond donors (Lipinski definition) is 0. The van der Waals surface area contributed by atoms with E-state index in [1.165, 1.54) is 4.90 Å². The van der Waals surface area contributed by atoms with Crippen molar-refractivity contribution in [3.63, 3.8) is 0 Å². The number of hydrogen-bond acceptors (Lipinski definition) is 9. The molecule has 0 spiro atoms. The molecule has 10 heteroatoms. The predicted molar refractivity (Wildman–Crippen MR) is 191 cm³/mol. The van der Waals surface area contributed by atoms with Gasteiger partial charge in [-0.15, -0.1) is 0 Å². The van der Waals surface area contributed by atoms with Crippen LogP contribution in [-0.4, -0.2) is 81.7 Å². The highest BCUT2D eigenvalue weighted by molar-refractivity contribution is 5.84. The van der Waals surface area contributed by atoms with Gasteiger partial charge in [0.1, 0.15) is 30.3 Å². The van der Waals surface area contributed by atoms with Crippen molar-refractivity contribution in [2.24, 2.45) is 0 Å². The molecule has 4 aromatic rings. The average molecular weight is 699 g/mol. The van der Waals surface area contributed by atoms with Gasteiger partial charge in [-0.05, 0) is 78.1 Å². The van der Waals surface area contributed by atoms with Gasteiger partial charge in [-0.2, -0.15) is 0 Å². The van der Waals surface area contributed by atoms with Gasteiger partial charge < -0.3 is 48.0 Å². The lowest BCUT2D eigenvalue weighted by Crippen LogP contribution is -2.51.